The van der Waals surface area contributed by atoms with Crippen LogP contribution < -0.4 is 10.1 Å². The van der Waals surface area contributed by atoms with Gasteiger partial charge in [-0.1, -0.05) is 12.1 Å². The lowest BCUT2D eigenvalue weighted by atomic mass is 10.1. The molecule has 7 nitrogen and oxygen atoms in total. The van der Waals surface area contributed by atoms with Crippen molar-refractivity contribution in [1.82, 2.24) is 5.32 Å². The number of carbonyl (C=O) groups is 2. The van der Waals surface area contributed by atoms with Gasteiger partial charge >= 0.3 is 12.1 Å². The van der Waals surface area contributed by atoms with Crippen molar-refractivity contribution in [3.8, 4) is 5.75 Å². The van der Waals surface area contributed by atoms with Crippen LogP contribution >= 0.6 is 0 Å². The highest BCUT2D eigenvalue weighted by Crippen LogP contribution is 2.12. The normalized spacial score (nSPS) is 10.9. The van der Waals surface area contributed by atoms with E-state index in [-0.39, 0.29) is 12.4 Å². The summed E-state index contributed by atoms with van der Waals surface area (Å²) in [6.45, 7) is 6.97. The Morgan fingerprint density at radius 1 is 1.04 bits per heavy atom. The molecule has 7 heteroatoms. The second kappa shape index (κ2) is 10.6. The smallest absolute Gasteiger partial charge is 0.407 e. The molecule has 25 heavy (non-hydrogen) atoms. The molecule has 0 aliphatic rings. The molecule has 0 saturated heterocycles. The van der Waals surface area contributed by atoms with Gasteiger partial charge in [-0.3, -0.25) is 4.79 Å². The van der Waals surface area contributed by atoms with E-state index in [0.29, 0.717) is 32.1 Å². The first-order valence-corrected chi connectivity index (χ1v) is 8.13. The van der Waals surface area contributed by atoms with Crippen LogP contribution in [0.5, 0.6) is 5.75 Å². The van der Waals surface area contributed by atoms with Crippen molar-refractivity contribution in [2.24, 2.45) is 0 Å². The van der Waals surface area contributed by atoms with Gasteiger partial charge in [0, 0.05) is 6.54 Å². The summed E-state index contributed by atoms with van der Waals surface area (Å²) in [6.07, 6.45) is -0.218. The topological polar surface area (TPSA) is 83.1 Å². The first-order chi connectivity index (χ1) is 11.8. The Balaban J connectivity index is 2.10. The molecular formula is C18H27NO6. The summed E-state index contributed by atoms with van der Waals surface area (Å²) in [5.74, 6) is 0.422. The molecule has 0 fully saturated rings. The Kier molecular flexibility index (Phi) is 8.77. The van der Waals surface area contributed by atoms with Gasteiger partial charge in [0.1, 0.15) is 18.0 Å². The molecule has 1 aromatic carbocycles. The first kappa shape index (κ1) is 20.8. The van der Waals surface area contributed by atoms with Gasteiger partial charge in [0.15, 0.2) is 0 Å². The molecule has 1 aromatic rings. The monoisotopic (exact) mass is 353 g/mol. The van der Waals surface area contributed by atoms with Crippen molar-refractivity contribution in [2.45, 2.75) is 32.8 Å². The summed E-state index contributed by atoms with van der Waals surface area (Å²) in [5, 5.41) is 2.61. The molecule has 0 unspecified atom stereocenters. The highest BCUT2D eigenvalue weighted by molar-refractivity contribution is 5.72. The minimum Gasteiger partial charge on any atom is -0.491 e. The van der Waals surface area contributed by atoms with Gasteiger partial charge in [-0.2, -0.15) is 0 Å². The number of hydrogen-bond acceptors (Lipinski definition) is 6. The predicted molar refractivity (Wildman–Crippen MR) is 92.7 cm³/mol. The van der Waals surface area contributed by atoms with Crippen LogP contribution in [0, 0.1) is 0 Å². The van der Waals surface area contributed by atoms with Gasteiger partial charge in [-0.05, 0) is 38.5 Å². The van der Waals surface area contributed by atoms with E-state index < -0.39 is 11.7 Å². The number of amides is 1. The molecule has 0 atom stereocenters. The second-order valence-corrected chi connectivity index (χ2v) is 6.29. The number of carbonyl (C=O) groups excluding carboxylic acids is 2. The average Bonchev–Trinajstić information content (AvgIpc) is 2.53. The lowest BCUT2D eigenvalue weighted by molar-refractivity contribution is -0.139. The fourth-order valence-electron chi connectivity index (χ4n) is 1.80. The Morgan fingerprint density at radius 3 is 2.32 bits per heavy atom. The van der Waals surface area contributed by atoms with Crippen molar-refractivity contribution >= 4 is 12.1 Å². The van der Waals surface area contributed by atoms with Crippen molar-refractivity contribution in [3.63, 3.8) is 0 Å². The minimum atomic E-state index is -0.509. The highest BCUT2D eigenvalue weighted by atomic mass is 16.6. The van der Waals surface area contributed by atoms with Crippen molar-refractivity contribution in [1.29, 1.82) is 0 Å². The third-order valence-corrected chi connectivity index (χ3v) is 2.91. The van der Waals surface area contributed by atoms with E-state index in [1.807, 2.05) is 32.9 Å². The number of alkyl carbamates (subject to hydrolysis) is 1. The van der Waals surface area contributed by atoms with E-state index in [9.17, 15) is 9.59 Å². The van der Waals surface area contributed by atoms with Gasteiger partial charge < -0.3 is 24.3 Å². The average molecular weight is 353 g/mol. The first-order valence-electron chi connectivity index (χ1n) is 8.13. The van der Waals surface area contributed by atoms with E-state index in [1.165, 1.54) is 7.11 Å². The summed E-state index contributed by atoms with van der Waals surface area (Å²) in [6, 6.07) is 7.22. The standard InChI is InChI=1S/C18H27NO6/c1-18(2,3)25-17(21)19-9-10-23-11-12-24-15-7-5-14(6-8-15)13-16(20)22-4/h5-8H,9-13H2,1-4H3,(H,19,21). The number of rotatable bonds is 9. The van der Waals surface area contributed by atoms with Crippen LogP contribution in [-0.4, -0.2) is 51.1 Å². The lowest BCUT2D eigenvalue weighted by Crippen LogP contribution is -2.34. The molecule has 0 saturated carbocycles. The summed E-state index contributed by atoms with van der Waals surface area (Å²) in [5.41, 5.74) is 0.356. The van der Waals surface area contributed by atoms with E-state index in [0.717, 1.165) is 5.56 Å². The molecule has 0 radical (unpaired) electrons. The molecule has 0 aliphatic heterocycles. The maximum atomic E-state index is 11.4. The number of nitrogens with one attached hydrogen (secondary N) is 1. The van der Waals surface area contributed by atoms with E-state index in [2.05, 4.69) is 10.1 Å². The molecular weight excluding hydrogens is 326 g/mol. The largest absolute Gasteiger partial charge is 0.491 e. The Hall–Kier alpha value is -2.28. The number of hydrogen-bond donors (Lipinski definition) is 1. The zero-order valence-electron chi connectivity index (χ0n) is 15.3. The van der Waals surface area contributed by atoms with E-state index in [1.54, 1.807) is 12.1 Å². The van der Waals surface area contributed by atoms with Crippen LogP contribution in [0.15, 0.2) is 24.3 Å². The molecule has 1 N–H and O–H groups in total. The third kappa shape index (κ3) is 10.2. The minimum absolute atomic E-state index is 0.241. The maximum absolute atomic E-state index is 11.4. The quantitative estimate of drug-likeness (QED) is 0.542. The number of benzene rings is 1. The summed E-state index contributed by atoms with van der Waals surface area (Å²) in [7, 11) is 1.36. The molecule has 0 bridgehead atoms. The molecule has 1 amide bonds. The van der Waals surface area contributed by atoms with Gasteiger partial charge in [-0.15, -0.1) is 0 Å². The van der Waals surface area contributed by atoms with Crippen LogP contribution in [0.1, 0.15) is 26.3 Å². The molecule has 0 aliphatic carbocycles. The number of esters is 1. The number of ether oxygens (including phenoxy) is 4. The van der Waals surface area contributed by atoms with Gasteiger partial charge in [-0.25, -0.2) is 4.79 Å². The Morgan fingerprint density at radius 2 is 1.72 bits per heavy atom. The summed E-state index contributed by atoms with van der Waals surface area (Å²) < 4.78 is 20.6. The Bertz CT molecular complexity index is 535. The van der Waals surface area contributed by atoms with Crippen molar-refractivity contribution in [2.75, 3.05) is 33.5 Å². The van der Waals surface area contributed by atoms with Crippen LogP contribution in [0.25, 0.3) is 0 Å². The number of methoxy groups -OCH3 is 1. The van der Waals surface area contributed by atoms with E-state index >= 15 is 0 Å². The van der Waals surface area contributed by atoms with E-state index in [4.69, 9.17) is 14.2 Å². The fourth-order valence-corrected chi connectivity index (χ4v) is 1.80. The lowest BCUT2D eigenvalue weighted by Gasteiger charge is -2.19. The zero-order valence-corrected chi connectivity index (χ0v) is 15.3. The fraction of sp³-hybridized carbons (Fsp3) is 0.556. The molecule has 140 valence electrons. The Labute approximate surface area is 148 Å². The molecule has 0 aromatic heterocycles. The maximum Gasteiger partial charge on any atom is 0.407 e. The summed E-state index contributed by atoms with van der Waals surface area (Å²) in [4.78, 5) is 22.6. The van der Waals surface area contributed by atoms with Gasteiger partial charge in [0.25, 0.3) is 0 Å². The van der Waals surface area contributed by atoms with Gasteiger partial charge in [0.05, 0.1) is 26.7 Å². The SMILES string of the molecule is COC(=O)Cc1ccc(OCCOCCNC(=O)OC(C)(C)C)cc1. The second-order valence-electron chi connectivity index (χ2n) is 6.29. The third-order valence-electron chi connectivity index (χ3n) is 2.91. The van der Waals surface area contributed by atoms with Crippen LogP contribution in [0.4, 0.5) is 4.79 Å². The predicted octanol–water partition coefficient (Wildman–Crippen LogP) is 2.32. The summed E-state index contributed by atoms with van der Waals surface area (Å²) >= 11 is 0. The van der Waals surface area contributed by atoms with Gasteiger partial charge in [0.2, 0.25) is 0 Å². The van der Waals surface area contributed by atoms with Crippen molar-refractivity contribution in [3.05, 3.63) is 29.8 Å². The van der Waals surface area contributed by atoms with Crippen LogP contribution in [-0.2, 0) is 25.4 Å². The highest BCUT2D eigenvalue weighted by Gasteiger charge is 2.15. The molecule has 0 heterocycles. The zero-order chi connectivity index (χ0) is 18.7. The molecule has 1 rings (SSSR count). The van der Waals surface area contributed by atoms with Crippen LogP contribution in [0.3, 0.4) is 0 Å². The van der Waals surface area contributed by atoms with Crippen molar-refractivity contribution < 1.29 is 28.5 Å². The molecule has 0 spiro atoms. The van der Waals surface area contributed by atoms with Crippen LogP contribution in [0.2, 0.25) is 0 Å².